The van der Waals surface area contributed by atoms with Gasteiger partial charge < -0.3 is 9.90 Å². The molecule has 0 N–H and O–H groups in total. The summed E-state index contributed by atoms with van der Waals surface area (Å²) in [5, 5.41) is 10.8. The summed E-state index contributed by atoms with van der Waals surface area (Å²) in [6.07, 6.45) is 0.820. The Bertz CT molecular complexity index is 887. The van der Waals surface area contributed by atoms with E-state index in [1.54, 1.807) is 6.92 Å². The number of aliphatic carboxylic acids is 1. The van der Waals surface area contributed by atoms with Gasteiger partial charge in [-0.05, 0) is 6.42 Å². The number of fused-ring (bicyclic) bond motifs is 1. The predicted octanol–water partition coefficient (Wildman–Crippen LogP) is -0.790. The predicted molar refractivity (Wildman–Crippen MR) is 84.3 cm³/mol. The van der Waals surface area contributed by atoms with E-state index in [-0.39, 0.29) is 16.1 Å². The van der Waals surface area contributed by atoms with Crippen LogP contribution in [-0.4, -0.2) is 30.3 Å². The average molecular weight is 337 g/mol. The molecule has 0 unspecified atom stereocenters. The minimum absolute atomic E-state index is 0.150. The highest BCUT2D eigenvalue weighted by Crippen LogP contribution is 2.27. The minimum Gasteiger partial charge on any atom is -0.549 e. The van der Waals surface area contributed by atoms with E-state index in [1.807, 2.05) is 6.92 Å². The maximum Gasteiger partial charge on any atom is 0.332 e. The number of carbonyl (C=O) groups is 1. The lowest BCUT2D eigenvalue weighted by Gasteiger charge is -2.17. The molecule has 9 heteroatoms. The van der Waals surface area contributed by atoms with Crippen molar-refractivity contribution in [3.8, 4) is 0 Å². The maximum absolute atomic E-state index is 12.5. The molecule has 0 amide bonds. The zero-order valence-corrected chi connectivity index (χ0v) is 14.1. The first-order chi connectivity index (χ1) is 10.8. The van der Waals surface area contributed by atoms with Crippen LogP contribution in [0.3, 0.4) is 0 Å². The third-order valence-electron chi connectivity index (χ3n) is 3.52. The topological polar surface area (TPSA) is 110 Å². The highest BCUT2D eigenvalue weighted by Gasteiger charge is 2.20. The monoisotopic (exact) mass is 337 g/mol. The first kappa shape index (κ1) is 17.2. The molecule has 0 aromatic carbocycles. The lowest BCUT2D eigenvalue weighted by molar-refractivity contribution is -0.304. The molecule has 0 fully saturated rings. The molecule has 2 aromatic rings. The van der Waals surface area contributed by atoms with Crippen LogP contribution < -0.4 is 16.4 Å². The summed E-state index contributed by atoms with van der Waals surface area (Å²) in [6.45, 7) is 3.55. The van der Waals surface area contributed by atoms with E-state index in [2.05, 4.69) is 9.97 Å². The number of thioether (sulfide) groups is 1. The normalized spacial score (nSPS) is 12.5. The van der Waals surface area contributed by atoms with E-state index in [1.165, 1.54) is 18.7 Å². The third-order valence-corrected chi connectivity index (χ3v) is 4.85. The highest BCUT2D eigenvalue weighted by molar-refractivity contribution is 8.00. The zero-order chi connectivity index (χ0) is 17.3. The van der Waals surface area contributed by atoms with E-state index in [9.17, 15) is 19.5 Å². The van der Waals surface area contributed by atoms with E-state index in [0.29, 0.717) is 18.7 Å². The van der Waals surface area contributed by atoms with Crippen molar-refractivity contribution in [1.82, 2.24) is 19.1 Å². The minimum atomic E-state index is -1.22. The number of aromatic nitrogens is 4. The van der Waals surface area contributed by atoms with Gasteiger partial charge in [-0.25, -0.2) is 14.8 Å². The Kier molecular flexibility index (Phi) is 4.88. The van der Waals surface area contributed by atoms with Gasteiger partial charge in [0, 0.05) is 20.5 Å². The summed E-state index contributed by atoms with van der Waals surface area (Å²) in [5.74, 6) is -0.777. The molecule has 0 aliphatic rings. The van der Waals surface area contributed by atoms with Crippen molar-refractivity contribution in [3.05, 3.63) is 26.7 Å². The Balaban J connectivity index is 2.85. The second-order valence-electron chi connectivity index (χ2n) is 5.04. The molecule has 124 valence electrons. The smallest absolute Gasteiger partial charge is 0.332 e. The van der Waals surface area contributed by atoms with Gasteiger partial charge in [0.15, 0.2) is 5.65 Å². The van der Waals surface area contributed by atoms with Gasteiger partial charge in [0.2, 0.25) is 0 Å². The maximum atomic E-state index is 12.5. The van der Waals surface area contributed by atoms with Crippen molar-refractivity contribution in [1.29, 1.82) is 0 Å². The SMILES string of the molecule is CCc1nc(S[C@@H](CC)C(=O)[O-])c2c(=O)n(C)c(=O)n(C)c2n1. The van der Waals surface area contributed by atoms with Crippen molar-refractivity contribution >= 4 is 28.8 Å². The number of carbonyl (C=O) groups excluding carboxylic acids is 1. The first-order valence-corrected chi connectivity index (χ1v) is 8.03. The fraction of sp³-hybridized carbons (Fsp3) is 0.500. The number of hydrogen-bond acceptors (Lipinski definition) is 7. The number of aryl methyl sites for hydroxylation is 2. The number of nitrogens with zero attached hydrogens (tertiary/aromatic N) is 4. The van der Waals surface area contributed by atoms with E-state index >= 15 is 0 Å². The summed E-state index contributed by atoms with van der Waals surface area (Å²) in [4.78, 5) is 44.2. The lowest BCUT2D eigenvalue weighted by atomic mass is 10.3. The van der Waals surface area contributed by atoms with E-state index in [0.717, 1.165) is 16.3 Å². The average Bonchev–Trinajstić information content (AvgIpc) is 2.54. The van der Waals surface area contributed by atoms with Gasteiger partial charge in [-0.3, -0.25) is 13.9 Å². The molecule has 0 aliphatic carbocycles. The molecule has 0 saturated heterocycles. The van der Waals surface area contributed by atoms with E-state index < -0.39 is 22.5 Å². The fourth-order valence-corrected chi connectivity index (χ4v) is 3.14. The van der Waals surface area contributed by atoms with Gasteiger partial charge in [-0.2, -0.15) is 0 Å². The molecular formula is C14H17N4O4S-. The Labute approximate surface area is 136 Å². The molecule has 8 nitrogen and oxygen atoms in total. The molecule has 0 spiro atoms. The second kappa shape index (κ2) is 6.53. The summed E-state index contributed by atoms with van der Waals surface area (Å²) in [7, 11) is 2.88. The zero-order valence-electron chi connectivity index (χ0n) is 13.3. The van der Waals surface area contributed by atoms with Crippen LogP contribution in [0.25, 0.3) is 11.0 Å². The molecule has 0 radical (unpaired) electrons. The molecule has 2 heterocycles. The Hall–Kier alpha value is -2.16. The van der Waals surface area contributed by atoms with Crippen LogP contribution in [0.2, 0.25) is 0 Å². The molecule has 0 bridgehead atoms. The molecule has 0 saturated carbocycles. The molecular weight excluding hydrogens is 320 g/mol. The van der Waals surface area contributed by atoms with Crippen molar-refractivity contribution in [2.24, 2.45) is 14.1 Å². The van der Waals surface area contributed by atoms with Gasteiger partial charge in [-0.1, -0.05) is 25.6 Å². The van der Waals surface area contributed by atoms with Crippen molar-refractivity contribution < 1.29 is 9.90 Å². The van der Waals surface area contributed by atoms with Gasteiger partial charge in [0.1, 0.15) is 16.2 Å². The Morgan fingerprint density at radius 2 is 1.87 bits per heavy atom. The van der Waals surface area contributed by atoms with Crippen LogP contribution in [0.5, 0.6) is 0 Å². The van der Waals surface area contributed by atoms with Crippen LogP contribution >= 0.6 is 11.8 Å². The standard InChI is InChI=1S/C14H18N4O4S/c1-5-7(13(20)21)23-11-9-10(15-8(6-2)16-11)17(3)14(22)18(4)12(9)19/h7H,5-6H2,1-4H3,(H,20,21)/p-1/t7-/m0/s1. The summed E-state index contributed by atoms with van der Waals surface area (Å²) in [6, 6.07) is 0. The van der Waals surface area contributed by atoms with Gasteiger partial charge >= 0.3 is 5.69 Å². The van der Waals surface area contributed by atoms with Crippen LogP contribution in [0, 0.1) is 0 Å². The van der Waals surface area contributed by atoms with Crippen LogP contribution in [-0.2, 0) is 25.3 Å². The first-order valence-electron chi connectivity index (χ1n) is 7.15. The summed E-state index contributed by atoms with van der Waals surface area (Å²) >= 11 is 0.951. The van der Waals surface area contributed by atoms with Crippen molar-refractivity contribution in [3.63, 3.8) is 0 Å². The highest BCUT2D eigenvalue weighted by atomic mass is 32.2. The van der Waals surface area contributed by atoms with Crippen LogP contribution in [0.1, 0.15) is 26.1 Å². The number of hydrogen-bond donors (Lipinski definition) is 0. The van der Waals surface area contributed by atoms with Crippen LogP contribution in [0.4, 0.5) is 0 Å². The largest absolute Gasteiger partial charge is 0.549 e. The molecule has 23 heavy (non-hydrogen) atoms. The molecule has 0 aliphatic heterocycles. The molecule has 2 rings (SSSR count). The van der Waals surface area contributed by atoms with Crippen LogP contribution in [0.15, 0.2) is 14.6 Å². The summed E-state index contributed by atoms with van der Waals surface area (Å²) < 4.78 is 2.23. The number of carboxylic acids is 1. The van der Waals surface area contributed by atoms with Crippen molar-refractivity contribution in [2.45, 2.75) is 37.0 Å². The fourth-order valence-electron chi connectivity index (χ4n) is 2.15. The quantitative estimate of drug-likeness (QED) is 0.519. The molecule has 2 aromatic heterocycles. The van der Waals surface area contributed by atoms with Crippen molar-refractivity contribution in [2.75, 3.05) is 0 Å². The van der Waals surface area contributed by atoms with E-state index in [4.69, 9.17) is 0 Å². The van der Waals surface area contributed by atoms with Gasteiger partial charge in [0.05, 0.1) is 11.2 Å². The Morgan fingerprint density at radius 3 is 2.39 bits per heavy atom. The number of rotatable bonds is 5. The number of carboxylic acid groups (broad SMARTS) is 1. The Morgan fingerprint density at radius 1 is 1.22 bits per heavy atom. The summed E-state index contributed by atoms with van der Waals surface area (Å²) in [5.41, 5.74) is -0.826. The second-order valence-corrected chi connectivity index (χ2v) is 6.23. The third kappa shape index (κ3) is 3.00. The molecule has 1 atom stereocenters. The lowest BCUT2D eigenvalue weighted by Crippen LogP contribution is -2.38. The van der Waals surface area contributed by atoms with Gasteiger partial charge in [0.25, 0.3) is 5.56 Å². The van der Waals surface area contributed by atoms with Gasteiger partial charge in [-0.15, -0.1) is 0 Å².